The number of nitrogens with one attached hydrogen (secondary N) is 2. The molecular formula is C29H27FN4O4S2. The summed E-state index contributed by atoms with van der Waals surface area (Å²) in [5, 5.41) is 3.61. The Morgan fingerprint density at radius 1 is 1.02 bits per heavy atom. The summed E-state index contributed by atoms with van der Waals surface area (Å²) in [6, 6.07) is 13.7. The van der Waals surface area contributed by atoms with Gasteiger partial charge in [-0.1, -0.05) is 23.5 Å². The van der Waals surface area contributed by atoms with E-state index < -0.39 is 23.6 Å². The zero-order chi connectivity index (χ0) is 27.9. The van der Waals surface area contributed by atoms with Crippen LogP contribution in [0.15, 0.2) is 58.4 Å². The van der Waals surface area contributed by atoms with Crippen molar-refractivity contribution in [3.05, 3.63) is 74.5 Å². The number of anilines is 2. The Kier molecular flexibility index (Phi) is 5.94. The second kappa shape index (κ2) is 9.31. The van der Waals surface area contributed by atoms with E-state index in [0.29, 0.717) is 5.69 Å². The van der Waals surface area contributed by atoms with Crippen molar-refractivity contribution in [2.45, 2.75) is 22.6 Å². The summed E-state index contributed by atoms with van der Waals surface area (Å²) in [5.74, 6) is -2.36. The predicted molar refractivity (Wildman–Crippen MR) is 151 cm³/mol. The topological polar surface area (TPSA) is 103 Å². The number of hydrogen-bond donors (Lipinski definition) is 2. The number of thioether (sulfide) groups is 1. The van der Waals surface area contributed by atoms with Crippen molar-refractivity contribution in [2.24, 2.45) is 29.6 Å². The van der Waals surface area contributed by atoms with E-state index >= 15 is 0 Å². The molecule has 11 heteroatoms. The first-order valence-corrected chi connectivity index (χ1v) is 15.0. The van der Waals surface area contributed by atoms with Crippen molar-refractivity contribution in [2.75, 3.05) is 30.9 Å². The minimum atomic E-state index is -0.494. The lowest BCUT2D eigenvalue weighted by Gasteiger charge is -2.43. The van der Waals surface area contributed by atoms with Gasteiger partial charge in [0.05, 0.1) is 16.9 Å². The lowest BCUT2D eigenvalue weighted by atomic mass is 9.68. The molecule has 3 aromatic rings. The Morgan fingerprint density at radius 3 is 2.38 bits per heavy atom. The monoisotopic (exact) mass is 578 g/mol. The van der Waals surface area contributed by atoms with Gasteiger partial charge < -0.3 is 15.2 Å². The van der Waals surface area contributed by atoms with Crippen molar-refractivity contribution in [1.29, 1.82) is 0 Å². The van der Waals surface area contributed by atoms with Gasteiger partial charge in [0, 0.05) is 41.5 Å². The number of nitrogens with zero attached hydrogens (tertiary/aromatic N) is 2. The highest BCUT2D eigenvalue weighted by atomic mass is 32.2. The van der Waals surface area contributed by atoms with Gasteiger partial charge in [-0.15, -0.1) is 11.8 Å². The van der Waals surface area contributed by atoms with Crippen LogP contribution in [0, 0.1) is 35.4 Å². The fraction of sp³-hybridized carbons (Fsp3) is 0.379. The first kappa shape index (κ1) is 25.5. The molecule has 0 spiro atoms. The average molecular weight is 579 g/mol. The molecule has 6 unspecified atom stereocenters. The minimum absolute atomic E-state index is 0.00768. The molecule has 2 aliphatic carbocycles. The molecule has 4 aliphatic rings. The van der Waals surface area contributed by atoms with E-state index in [1.807, 2.05) is 19.0 Å². The standard InChI is InChI=1S/C29H27FN4O4S2/c1-33(2)16-9-3-13(4-10-16)20-21-17-11-18(24(21)39-26-25(20)40-29(38)32-26)23-22(17)27(36)34(28(23)37)12-19(35)31-15-7-5-14(30)6-8-15/h3-10,17-18,20-24H,11-12H2,1-2H3,(H,31,35)(H,32,38)/t17?,18?,20-,21?,22?,23?,24?/m1/s1. The van der Waals surface area contributed by atoms with Gasteiger partial charge in [0.1, 0.15) is 12.4 Å². The number of hydrogen-bond acceptors (Lipinski definition) is 7. The number of aromatic amines is 1. The summed E-state index contributed by atoms with van der Waals surface area (Å²) >= 11 is 2.88. The molecule has 7 rings (SSSR count). The Labute approximate surface area is 237 Å². The van der Waals surface area contributed by atoms with Crippen LogP contribution >= 0.6 is 23.1 Å². The first-order chi connectivity index (χ1) is 19.2. The van der Waals surface area contributed by atoms with Gasteiger partial charge >= 0.3 is 4.87 Å². The number of rotatable bonds is 5. The number of carbonyl (C=O) groups excluding carboxylic acids is 3. The number of amides is 3. The van der Waals surface area contributed by atoms with Crippen LogP contribution in [0.2, 0.25) is 0 Å². The number of thiazole rings is 1. The number of benzene rings is 2. The molecule has 2 N–H and O–H groups in total. The van der Waals surface area contributed by atoms with Gasteiger partial charge in [-0.2, -0.15) is 0 Å². The highest BCUT2D eigenvalue weighted by Crippen LogP contribution is 2.68. The normalized spacial score (nSPS) is 29.8. The second-order valence-corrected chi connectivity index (χ2v) is 13.5. The maximum atomic E-state index is 13.7. The van der Waals surface area contributed by atoms with Crippen LogP contribution in [0.25, 0.3) is 0 Å². The highest BCUT2D eigenvalue weighted by Gasteiger charge is 2.69. The van der Waals surface area contributed by atoms with Gasteiger partial charge in [-0.05, 0) is 66.1 Å². The average Bonchev–Trinajstić information content (AvgIpc) is 3.66. The fourth-order valence-electron chi connectivity index (χ4n) is 7.46. The van der Waals surface area contributed by atoms with Crippen LogP contribution in [0.5, 0.6) is 0 Å². The number of halogens is 1. The lowest BCUT2D eigenvalue weighted by molar-refractivity contribution is -0.143. The Hall–Kier alpha value is -3.44. The van der Waals surface area contributed by atoms with Crippen molar-refractivity contribution in [3.8, 4) is 0 Å². The summed E-state index contributed by atoms with van der Waals surface area (Å²) in [4.78, 5) is 59.6. The minimum Gasteiger partial charge on any atom is -0.378 e. The summed E-state index contributed by atoms with van der Waals surface area (Å²) in [6.45, 7) is -0.361. The highest BCUT2D eigenvalue weighted by molar-refractivity contribution is 8.00. The first-order valence-electron chi connectivity index (χ1n) is 13.3. The maximum absolute atomic E-state index is 13.7. The second-order valence-electron chi connectivity index (χ2n) is 11.3. The molecule has 1 aromatic heterocycles. The third-order valence-electron chi connectivity index (χ3n) is 9.01. The van der Waals surface area contributed by atoms with E-state index in [2.05, 4.69) is 34.6 Å². The molecule has 206 valence electrons. The number of fused-ring (bicyclic) bond motifs is 9. The van der Waals surface area contributed by atoms with Gasteiger partial charge in [-0.25, -0.2) is 4.39 Å². The van der Waals surface area contributed by atoms with Crippen LogP contribution in [0.4, 0.5) is 15.8 Å². The van der Waals surface area contributed by atoms with Crippen LogP contribution in [0.1, 0.15) is 22.8 Å². The van der Waals surface area contributed by atoms with E-state index in [0.717, 1.165) is 32.5 Å². The van der Waals surface area contributed by atoms with Gasteiger partial charge in [-0.3, -0.25) is 24.1 Å². The number of carbonyl (C=O) groups is 3. The maximum Gasteiger partial charge on any atom is 0.305 e. The van der Waals surface area contributed by atoms with Crippen molar-refractivity contribution in [3.63, 3.8) is 0 Å². The molecule has 2 aliphatic heterocycles. The molecular weight excluding hydrogens is 551 g/mol. The predicted octanol–water partition coefficient (Wildman–Crippen LogP) is 3.75. The third-order valence-corrected chi connectivity index (χ3v) is 11.6. The smallest absolute Gasteiger partial charge is 0.305 e. The molecule has 0 radical (unpaired) electrons. The van der Waals surface area contributed by atoms with E-state index in [9.17, 15) is 23.6 Å². The molecule has 40 heavy (non-hydrogen) atoms. The molecule has 3 heterocycles. The molecule has 1 saturated heterocycles. The Balaban J connectivity index is 1.18. The van der Waals surface area contributed by atoms with Gasteiger partial charge in [0.15, 0.2) is 0 Å². The number of aromatic nitrogens is 1. The molecule has 2 aromatic carbocycles. The molecule has 8 nitrogen and oxygen atoms in total. The molecule has 3 fully saturated rings. The summed E-state index contributed by atoms with van der Waals surface area (Å²) < 4.78 is 13.2. The van der Waals surface area contributed by atoms with Crippen LogP contribution in [-0.4, -0.2) is 53.5 Å². The SMILES string of the molecule is CN(C)c1ccc([C@H]2c3sc(=O)[nH]c3SC3C4CC(C5C(=O)N(CC(=O)Nc6ccc(F)cc6)C(=O)C45)C32)cc1. The Morgan fingerprint density at radius 2 is 1.70 bits per heavy atom. The fourth-order valence-corrected chi connectivity index (χ4v) is 10.4. The molecule has 7 atom stereocenters. The summed E-state index contributed by atoms with van der Waals surface area (Å²) in [5.41, 5.74) is 2.58. The number of imide groups is 1. The molecule has 2 saturated carbocycles. The van der Waals surface area contributed by atoms with E-state index in [-0.39, 0.29) is 52.2 Å². The van der Waals surface area contributed by atoms with Crippen molar-refractivity contribution < 1.29 is 18.8 Å². The Bertz CT molecular complexity index is 1580. The number of likely N-dealkylation sites (tertiary alicyclic amines) is 1. The van der Waals surface area contributed by atoms with Crippen LogP contribution < -0.4 is 15.1 Å². The summed E-state index contributed by atoms with van der Waals surface area (Å²) in [6.07, 6.45) is 0.788. The lowest BCUT2D eigenvalue weighted by Crippen LogP contribution is -2.42. The quantitative estimate of drug-likeness (QED) is 0.447. The van der Waals surface area contributed by atoms with E-state index in [1.54, 1.807) is 11.8 Å². The zero-order valence-corrected chi connectivity index (χ0v) is 23.4. The summed E-state index contributed by atoms with van der Waals surface area (Å²) in [7, 11) is 3.98. The van der Waals surface area contributed by atoms with Crippen LogP contribution in [-0.2, 0) is 14.4 Å². The van der Waals surface area contributed by atoms with Gasteiger partial charge in [0.2, 0.25) is 17.7 Å². The van der Waals surface area contributed by atoms with E-state index in [4.69, 9.17) is 0 Å². The van der Waals surface area contributed by atoms with E-state index in [1.165, 1.54) is 35.6 Å². The largest absolute Gasteiger partial charge is 0.378 e. The van der Waals surface area contributed by atoms with Crippen molar-refractivity contribution in [1.82, 2.24) is 9.88 Å². The number of H-pyrrole nitrogens is 1. The zero-order valence-electron chi connectivity index (χ0n) is 21.8. The third kappa shape index (κ3) is 3.85. The molecule has 3 amide bonds. The van der Waals surface area contributed by atoms with Crippen LogP contribution in [0.3, 0.4) is 0 Å². The van der Waals surface area contributed by atoms with Gasteiger partial charge in [0.25, 0.3) is 0 Å². The molecule has 2 bridgehead atoms. The van der Waals surface area contributed by atoms with Crippen molar-refractivity contribution >= 4 is 52.2 Å².